The molecule has 1 aliphatic rings. The average Bonchev–Trinajstić information content (AvgIpc) is 3.45. The fourth-order valence-corrected chi connectivity index (χ4v) is 4.41. The van der Waals surface area contributed by atoms with E-state index in [-0.39, 0.29) is 30.1 Å². The van der Waals surface area contributed by atoms with Crippen molar-refractivity contribution in [2.75, 3.05) is 5.32 Å². The van der Waals surface area contributed by atoms with E-state index in [1.165, 1.54) is 18.2 Å². The number of carbonyl (C=O) groups is 1. The molecule has 2 N–H and O–H groups in total. The van der Waals surface area contributed by atoms with Gasteiger partial charge in [0.25, 0.3) is 0 Å². The van der Waals surface area contributed by atoms with Gasteiger partial charge in [0, 0.05) is 29.9 Å². The summed E-state index contributed by atoms with van der Waals surface area (Å²) in [5, 5.41) is 10.3. The van der Waals surface area contributed by atoms with Crippen LogP contribution in [0, 0.1) is 0 Å². The van der Waals surface area contributed by atoms with E-state index in [2.05, 4.69) is 20.5 Å². The third kappa shape index (κ3) is 7.45. The maximum Gasteiger partial charge on any atom is 0.573 e. The predicted octanol–water partition coefficient (Wildman–Crippen LogP) is 6.80. The lowest BCUT2D eigenvalue weighted by Crippen LogP contribution is -2.36. The van der Waals surface area contributed by atoms with Crippen LogP contribution in [0.25, 0.3) is 0 Å². The second kappa shape index (κ2) is 11.1. The van der Waals surface area contributed by atoms with Crippen molar-refractivity contribution in [2.45, 2.75) is 63.3 Å². The van der Waals surface area contributed by atoms with Gasteiger partial charge in [-0.05, 0) is 63.1 Å². The molecule has 1 unspecified atom stereocenters. The predicted molar refractivity (Wildman–Crippen MR) is 135 cm³/mol. The Labute approximate surface area is 227 Å². The van der Waals surface area contributed by atoms with E-state index in [4.69, 9.17) is 0 Å². The maximum absolute atomic E-state index is 13.4. The van der Waals surface area contributed by atoms with Gasteiger partial charge in [-0.3, -0.25) is 14.8 Å². The normalized spacial score (nSPS) is 19.9. The molecule has 3 atom stereocenters. The summed E-state index contributed by atoms with van der Waals surface area (Å²) in [7, 11) is 0. The van der Waals surface area contributed by atoms with E-state index in [0.717, 1.165) is 24.3 Å². The summed E-state index contributed by atoms with van der Waals surface area (Å²) >= 11 is 0. The zero-order chi connectivity index (χ0) is 27.9. The number of hydrogen-bond acceptors (Lipinski definition) is 4. The summed E-state index contributed by atoms with van der Waals surface area (Å²) in [4.78, 5) is 13.1. The third-order valence-corrected chi connectivity index (χ3v) is 6.17. The van der Waals surface area contributed by atoms with Gasteiger partial charge in [0.1, 0.15) is 5.75 Å². The Hall–Kier alpha value is -3.25. The van der Waals surface area contributed by atoms with Crippen LogP contribution in [0.2, 0.25) is 0 Å². The SMILES string of the molecule is CC(C)(C)n1ccc(C2C[C@@H](C(=O)Nc3cccc(OC(F)(F)F)c3)N[C@H]2c2cccc(C(F)(F)F)c2)n1.Cl. The molecule has 3 aromatic rings. The second-order valence-corrected chi connectivity index (χ2v) is 10.1. The number of hydrogen-bond donors (Lipinski definition) is 2. The molecule has 0 bridgehead atoms. The maximum atomic E-state index is 13.4. The standard InChI is InChI=1S/C26H26F6N4O2.ClH/c1-24(2,3)36-11-10-20(35-36)19-14-21(34-22(19)15-6-4-7-16(12-15)25(27,28)29)23(37)33-17-8-5-9-18(13-17)38-26(30,31)32;/h4-13,19,21-22,34H,14H2,1-3H3,(H,33,37);1H/t19?,21-,22-;/m0./s1. The molecule has 1 amide bonds. The highest BCUT2D eigenvalue weighted by Gasteiger charge is 2.41. The van der Waals surface area contributed by atoms with Crippen LogP contribution in [-0.2, 0) is 16.5 Å². The van der Waals surface area contributed by atoms with Crippen LogP contribution in [0.3, 0.4) is 0 Å². The van der Waals surface area contributed by atoms with Gasteiger partial charge in [0.2, 0.25) is 5.91 Å². The highest BCUT2D eigenvalue weighted by Crippen LogP contribution is 2.42. The van der Waals surface area contributed by atoms with Crippen molar-refractivity contribution >= 4 is 24.0 Å². The molecule has 1 fully saturated rings. The van der Waals surface area contributed by atoms with Crippen LogP contribution < -0.4 is 15.4 Å². The molecule has 2 aromatic carbocycles. The molecule has 0 spiro atoms. The first kappa shape index (κ1) is 30.3. The van der Waals surface area contributed by atoms with Crippen LogP contribution in [0.15, 0.2) is 60.8 Å². The van der Waals surface area contributed by atoms with Gasteiger partial charge in [0.05, 0.1) is 22.8 Å². The number of alkyl halides is 6. The van der Waals surface area contributed by atoms with E-state index < -0.39 is 47.8 Å². The number of rotatable bonds is 5. The molecule has 1 aromatic heterocycles. The molecule has 13 heteroatoms. The van der Waals surface area contributed by atoms with E-state index >= 15 is 0 Å². The highest BCUT2D eigenvalue weighted by molar-refractivity contribution is 5.95. The van der Waals surface area contributed by atoms with Gasteiger partial charge in [-0.25, -0.2) is 0 Å². The molecule has 1 aliphatic heterocycles. The Balaban J connectivity index is 0.00000420. The van der Waals surface area contributed by atoms with E-state index in [0.29, 0.717) is 11.3 Å². The van der Waals surface area contributed by atoms with Crippen LogP contribution in [0.4, 0.5) is 32.0 Å². The lowest BCUT2D eigenvalue weighted by Gasteiger charge is -2.21. The summed E-state index contributed by atoms with van der Waals surface area (Å²) in [5.74, 6) is -1.50. The number of amides is 1. The molecular weight excluding hydrogens is 550 g/mol. The Morgan fingerprint density at radius 3 is 2.33 bits per heavy atom. The Kier molecular flexibility index (Phi) is 8.61. The molecule has 4 rings (SSSR count). The Morgan fingerprint density at radius 1 is 1.03 bits per heavy atom. The average molecular weight is 577 g/mol. The smallest absolute Gasteiger partial charge is 0.406 e. The first-order valence-electron chi connectivity index (χ1n) is 11.8. The zero-order valence-corrected chi connectivity index (χ0v) is 21.9. The Bertz CT molecular complexity index is 1300. The summed E-state index contributed by atoms with van der Waals surface area (Å²) in [6, 6.07) is 9.97. The molecule has 212 valence electrons. The van der Waals surface area contributed by atoms with Gasteiger partial charge in [-0.1, -0.05) is 18.2 Å². The second-order valence-electron chi connectivity index (χ2n) is 10.1. The zero-order valence-electron chi connectivity index (χ0n) is 21.1. The number of aromatic nitrogens is 2. The molecule has 6 nitrogen and oxygen atoms in total. The number of nitrogens with one attached hydrogen (secondary N) is 2. The lowest BCUT2D eigenvalue weighted by atomic mass is 9.90. The van der Waals surface area contributed by atoms with E-state index in [1.807, 2.05) is 20.8 Å². The summed E-state index contributed by atoms with van der Waals surface area (Å²) in [6.07, 6.45) is -7.46. The number of halogens is 7. The molecule has 0 saturated carbocycles. The lowest BCUT2D eigenvalue weighted by molar-refractivity contribution is -0.274. The molecule has 2 heterocycles. The van der Waals surface area contributed by atoms with Gasteiger partial charge >= 0.3 is 12.5 Å². The fourth-order valence-electron chi connectivity index (χ4n) is 4.41. The minimum absolute atomic E-state index is 0. The van der Waals surface area contributed by atoms with Crippen molar-refractivity contribution in [2.24, 2.45) is 0 Å². The molecule has 0 aliphatic carbocycles. The number of benzene rings is 2. The van der Waals surface area contributed by atoms with Crippen LogP contribution in [0.1, 0.15) is 56.0 Å². The van der Waals surface area contributed by atoms with Crippen molar-refractivity contribution in [3.8, 4) is 5.75 Å². The minimum Gasteiger partial charge on any atom is -0.406 e. The van der Waals surface area contributed by atoms with Crippen molar-refractivity contribution in [1.82, 2.24) is 15.1 Å². The van der Waals surface area contributed by atoms with Crippen LogP contribution >= 0.6 is 12.4 Å². The molecule has 39 heavy (non-hydrogen) atoms. The highest BCUT2D eigenvalue weighted by atomic mass is 35.5. The largest absolute Gasteiger partial charge is 0.573 e. The monoisotopic (exact) mass is 576 g/mol. The molecule has 1 saturated heterocycles. The van der Waals surface area contributed by atoms with E-state index in [9.17, 15) is 31.1 Å². The fraction of sp³-hybridized carbons (Fsp3) is 0.385. The minimum atomic E-state index is -4.89. The summed E-state index contributed by atoms with van der Waals surface area (Å²) in [6.45, 7) is 5.86. The van der Waals surface area contributed by atoms with Crippen LogP contribution in [0.5, 0.6) is 5.75 Å². The van der Waals surface area contributed by atoms with Gasteiger partial charge < -0.3 is 10.1 Å². The number of ether oxygens (including phenoxy) is 1. The van der Waals surface area contributed by atoms with Crippen LogP contribution in [-0.4, -0.2) is 28.1 Å². The van der Waals surface area contributed by atoms with Crippen molar-refractivity contribution in [3.63, 3.8) is 0 Å². The van der Waals surface area contributed by atoms with Gasteiger partial charge in [0.15, 0.2) is 0 Å². The summed E-state index contributed by atoms with van der Waals surface area (Å²) < 4.78 is 83.6. The third-order valence-electron chi connectivity index (χ3n) is 6.17. The van der Waals surface area contributed by atoms with Gasteiger partial charge in [-0.15, -0.1) is 25.6 Å². The first-order valence-corrected chi connectivity index (χ1v) is 11.8. The molecular formula is C26H27ClF6N4O2. The number of nitrogens with zero attached hydrogens (tertiary/aromatic N) is 2. The van der Waals surface area contributed by atoms with Crippen molar-refractivity contribution in [1.29, 1.82) is 0 Å². The summed E-state index contributed by atoms with van der Waals surface area (Å²) in [5.41, 5.74) is -0.132. The van der Waals surface area contributed by atoms with Crippen molar-refractivity contribution in [3.05, 3.63) is 77.6 Å². The Morgan fingerprint density at radius 2 is 1.72 bits per heavy atom. The van der Waals surface area contributed by atoms with Gasteiger partial charge in [-0.2, -0.15) is 18.3 Å². The molecule has 0 radical (unpaired) electrons. The number of carbonyl (C=O) groups excluding carboxylic acids is 1. The topological polar surface area (TPSA) is 68.2 Å². The quantitative estimate of drug-likeness (QED) is 0.328. The van der Waals surface area contributed by atoms with E-state index in [1.54, 1.807) is 23.0 Å². The first-order chi connectivity index (χ1) is 17.6. The van der Waals surface area contributed by atoms with Crippen molar-refractivity contribution < 1.29 is 35.9 Å². The number of anilines is 1.